The Balaban J connectivity index is 2.26. The van der Waals surface area contributed by atoms with E-state index in [9.17, 15) is 0 Å². The molecule has 0 saturated heterocycles. The Hall–Kier alpha value is -0.520. The molecule has 10 heavy (non-hydrogen) atoms. The van der Waals surface area contributed by atoms with Crippen LogP contribution in [-0.4, -0.2) is 0 Å². The average Bonchev–Trinajstić information content (AvgIpc) is 2.36. The molecule has 0 radical (unpaired) electrons. The Labute approximate surface area is 61.6 Å². The van der Waals surface area contributed by atoms with Crippen LogP contribution < -0.4 is 0 Å². The number of hydrogen-bond donors (Lipinski definition) is 0. The third kappa shape index (κ3) is 0.264. The quantitative estimate of drug-likeness (QED) is 0.444. The average molecular weight is 132 g/mol. The Bertz CT molecular complexity index is 237. The summed E-state index contributed by atoms with van der Waals surface area (Å²) >= 11 is 0. The van der Waals surface area contributed by atoms with E-state index < -0.39 is 0 Å². The van der Waals surface area contributed by atoms with Gasteiger partial charge in [0.15, 0.2) is 0 Å². The molecule has 0 aromatic rings. The highest BCUT2D eigenvalue weighted by molar-refractivity contribution is 5.44. The first kappa shape index (κ1) is 5.17. The first-order valence-corrected chi connectivity index (χ1v) is 4.07. The molecule has 0 aromatic carbocycles. The smallest absolute Gasteiger partial charge is 0.00983 e. The van der Waals surface area contributed by atoms with Gasteiger partial charge in [0.1, 0.15) is 0 Å². The molecule has 3 aliphatic carbocycles. The molecule has 2 atom stereocenters. The molecular weight excluding hydrogens is 120 g/mol. The van der Waals surface area contributed by atoms with Gasteiger partial charge in [-0.15, -0.1) is 0 Å². The molecule has 0 nitrogen and oxygen atoms in total. The lowest BCUT2D eigenvalue weighted by atomic mass is 9.79. The largest absolute Gasteiger partial charge is 0.0833 e. The van der Waals surface area contributed by atoms with E-state index in [-0.39, 0.29) is 0 Å². The zero-order valence-corrected chi connectivity index (χ0v) is 6.46. The van der Waals surface area contributed by atoms with E-state index in [1.807, 2.05) is 0 Å². The molecule has 0 unspecified atom stereocenters. The molecule has 1 saturated carbocycles. The minimum absolute atomic E-state index is 0.419. The summed E-state index contributed by atoms with van der Waals surface area (Å²) in [5.41, 5.74) is 1.02. The molecule has 0 heteroatoms. The van der Waals surface area contributed by atoms with Crippen molar-refractivity contribution in [2.45, 2.75) is 13.8 Å². The second-order valence-corrected chi connectivity index (χ2v) is 4.34. The number of hydrogen-bond acceptors (Lipinski definition) is 0. The van der Waals surface area contributed by atoms with E-state index in [4.69, 9.17) is 0 Å². The minimum Gasteiger partial charge on any atom is -0.0833 e. The summed E-state index contributed by atoms with van der Waals surface area (Å²) in [6, 6.07) is 0. The summed E-state index contributed by atoms with van der Waals surface area (Å²) in [6.45, 7) is 4.77. The van der Waals surface area contributed by atoms with Crippen LogP contribution in [-0.2, 0) is 0 Å². The van der Waals surface area contributed by atoms with E-state index in [0.717, 1.165) is 11.8 Å². The van der Waals surface area contributed by atoms with Gasteiger partial charge in [0.2, 0.25) is 0 Å². The van der Waals surface area contributed by atoms with Crippen LogP contribution in [0.15, 0.2) is 24.3 Å². The van der Waals surface area contributed by atoms with Crippen molar-refractivity contribution in [1.29, 1.82) is 0 Å². The van der Waals surface area contributed by atoms with Crippen molar-refractivity contribution in [3.05, 3.63) is 24.3 Å². The van der Waals surface area contributed by atoms with Crippen LogP contribution in [0.25, 0.3) is 0 Å². The molecule has 0 aliphatic heterocycles. The van der Waals surface area contributed by atoms with Gasteiger partial charge in [-0.25, -0.2) is 0 Å². The molecule has 52 valence electrons. The van der Waals surface area contributed by atoms with E-state index in [1.165, 1.54) is 0 Å². The molecular formula is C10H12. The molecule has 1 fully saturated rings. The highest BCUT2D eigenvalue weighted by Gasteiger charge is 2.71. The fraction of sp³-hybridized carbons (Fsp3) is 0.600. The van der Waals surface area contributed by atoms with Gasteiger partial charge in [0.05, 0.1) is 0 Å². The van der Waals surface area contributed by atoms with Gasteiger partial charge >= 0.3 is 0 Å². The Morgan fingerprint density at radius 1 is 1.00 bits per heavy atom. The molecule has 3 aliphatic rings. The molecule has 0 N–H and O–H groups in total. The SMILES string of the molecule is CC12C=C[C@@H]3[C@@H](C=C1)C32C. The normalized spacial score (nSPS) is 67.0. The van der Waals surface area contributed by atoms with E-state index in [1.54, 1.807) is 0 Å². The Morgan fingerprint density at radius 2 is 1.50 bits per heavy atom. The third-order valence-corrected chi connectivity index (χ3v) is 4.12. The number of fused-ring (bicyclic) bond motifs is 1. The standard InChI is InChI=1S/C10H12/c1-9-5-3-7-8(4-6-9)10(7,9)2/h3-8H,1-2H3/t7-,8-,9?,10?/m1/s1. The Morgan fingerprint density at radius 3 is 1.80 bits per heavy atom. The van der Waals surface area contributed by atoms with Gasteiger partial charge < -0.3 is 0 Å². The number of rotatable bonds is 0. The van der Waals surface area contributed by atoms with Gasteiger partial charge in [-0.05, 0) is 17.3 Å². The van der Waals surface area contributed by atoms with Gasteiger partial charge in [0, 0.05) is 5.41 Å². The molecule has 0 heterocycles. The first-order chi connectivity index (χ1) is 4.68. The van der Waals surface area contributed by atoms with Crippen molar-refractivity contribution < 1.29 is 0 Å². The van der Waals surface area contributed by atoms with Crippen LogP contribution in [0.4, 0.5) is 0 Å². The van der Waals surface area contributed by atoms with E-state index >= 15 is 0 Å². The van der Waals surface area contributed by atoms with Crippen molar-refractivity contribution in [3.8, 4) is 0 Å². The fourth-order valence-electron chi connectivity index (χ4n) is 2.96. The fourth-order valence-corrected chi connectivity index (χ4v) is 2.96. The van der Waals surface area contributed by atoms with Crippen LogP contribution >= 0.6 is 0 Å². The minimum atomic E-state index is 0.419. The highest BCUT2D eigenvalue weighted by Crippen LogP contribution is 2.76. The molecule has 3 rings (SSSR count). The van der Waals surface area contributed by atoms with Gasteiger partial charge in [-0.1, -0.05) is 38.2 Å². The summed E-state index contributed by atoms with van der Waals surface area (Å²) < 4.78 is 0. The monoisotopic (exact) mass is 132 g/mol. The van der Waals surface area contributed by atoms with Crippen molar-refractivity contribution in [3.63, 3.8) is 0 Å². The van der Waals surface area contributed by atoms with Crippen molar-refractivity contribution in [2.24, 2.45) is 22.7 Å². The molecule has 0 aromatic heterocycles. The van der Waals surface area contributed by atoms with Crippen molar-refractivity contribution >= 4 is 0 Å². The maximum Gasteiger partial charge on any atom is 0.00983 e. The van der Waals surface area contributed by atoms with E-state index in [2.05, 4.69) is 38.2 Å². The van der Waals surface area contributed by atoms with Gasteiger partial charge in [0.25, 0.3) is 0 Å². The zero-order chi connectivity index (χ0) is 6.98. The van der Waals surface area contributed by atoms with Gasteiger partial charge in [-0.2, -0.15) is 0 Å². The highest BCUT2D eigenvalue weighted by atomic mass is 14.7. The predicted octanol–water partition coefficient (Wildman–Crippen LogP) is 2.38. The van der Waals surface area contributed by atoms with Crippen LogP contribution in [0.3, 0.4) is 0 Å². The Kier molecular flexibility index (Phi) is 0.532. The van der Waals surface area contributed by atoms with Crippen LogP contribution in [0.2, 0.25) is 0 Å². The summed E-state index contributed by atoms with van der Waals surface area (Å²) in [5.74, 6) is 1.78. The maximum absolute atomic E-state index is 2.42. The zero-order valence-electron chi connectivity index (χ0n) is 6.46. The summed E-state index contributed by atoms with van der Waals surface area (Å²) in [7, 11) is 0. The van der Waals surface area contributed by atoms with Gasteiger partial charge in [-0.3, -0.25) is 0 Å². The van der Waals surface area contributed by atoms with Crippen LogP contribution in [0.1, 0.15) is 13.8 Å². The second kappa shape index (κ2) is 1.03. The van der Waals surface area contributed by atoms with Crippen molar-refractivity contribution in [2.75, 3.05) is 0 Å². The predicted molar refractivity (Wildman–Crippen MR) is 41.5 cm³/mol. The lowest BCUT2D eigenvalue weighted by molar-refractivity contribution is 0.333. The van der Waals surface area contributed by atoms with Crippen LogP contribution in [0.5, 0.6) is 0 Å². The van der Waals surface area contributed by atoms with Crippen molar-refractivity contribution in [1.82, 2.24) is 0 Å². The molecule has 0 amide bonds. The summed E-state index contributed by atoms with van der Waals surface area (Å²) in [4.78, 5) is 0. The topological polar surface area (TPSA) is 0 Å². The van der Waals surface area contributed by atoms with E-state index in [0.29, 0.717) is 10.8 Å². The molecule has 0 bridgehead atoms. The second-order valence-electron chi connectivity index (χ2n) is 4.34. The van der Waals surface area contributed by atoms with Crippen LogP contribution in [0, 0.1) is 22.7 Å². The summed E-state index contributed by atoms with van der Waals surface area (Å²) in [6.07, 6.45) is 9.59. The number of allylic oxidation sites excluding steroid dienone is 4. The maximum atomic E-state index is 2.42. The lowest BCUT2D eigenvalue weighted by Gasteiger charge is -2.24. The molecule has 0 spiro atoms. The third-order valence-electron chi connectivity index (χ3n) is 4.12. The summed E-state index contributed by atoms with van der Waals surface area (Å²) in [5, 5.41) is 0. The lowest BCUT2D eigenvalue weighted by Crippen LogP contribution is -2.18. The first-order valence-electron chi connectivity index (χ1n) is 4.07.